The molecule has 110 valence electrons. The van der Waals surface area contributed by atoms with Crippen molar-refractivity contribution in [2.75, 3.05) is 31.2 Å². The fraction of sp³-hybridized carbons (Fsp3) is 0.533. The zero-order chi connectivity index (χ0) is 14.3. The smallest absolute Gasteiger partial charge is 0.125 e. The molecule has 2 heterocycles. The van der Waals surface area contributed by atoms with E-state index >= 15 is 0 Å². The summed E-state index contributed by atoms with van der Waals surface area (Å²) >= 11 is 0. The van der Waals surface area contributed by atoms with Crippen molar-refractivity contribution in [2.24, 2.45) is 5.92 Å². The first-order valence-electron chi connectivity index (χ1n) is 7.06. The van der Waals surface area contributed by atoms with Gasteiger partial charge in [-0.25, -0.2) is 8.70 Å². The molecule has 0 aliphatic carbocycles. The summed E-state index contributed by atoms with van der Waals surface area (Å²) in [5.74, 6) is 4.60. The number of hydrogen-bond donors (Lipinski definition) is 1. The molecule has 1 fully saturated rings. The predicted octanol–water partition coefficient (Wildman–Crippen LogP) is 2.31. The maximum atomic E-state index is 13.2. The van der Waals surface area contributed by atoms with Crippen LogP contribution in [0.15, 0.2) is 18.2 Å². The predicted molar refractivity (Wildman–Crippen MR) is 83.1 cm³/mol. The minimum atomic E-state index is -2.07. The molecule has 1 aromatic carbocycles. The van der Waals surface area contributed by atoms with E-state index in [1.54, 1.807) is 18.4 Å². The Morgan fingerprint density at radius 2 is 2.10 bits per heavy atom. The first-order chi connectivity index (χ1) is 9.45. The van der Waals surface area contributed by atoms with Crippen molar-refractivity contribution >= 4 is 21.3 Å². The Kier molecular flexibility index (Phi) is 3.50. The number of hydrogen-bond acceptors (Lipinski definition) is 2. The van der Waals surface area contributed by atoms with E-state index < -0.39 is 9.71 Å². The number of fused-ring (bicyclic) bond motifs is 1. The zero-order valence-electron chi connectivity index (χ0n) is 11.8. The van der Waals surface area contributed by atoms with Gasteiger partial charge in [0.1, 0.15) is 5.82 Å². The molecule has 1 saturated heterocycles. The van der Waals surface area contributed by atoms with Gasteiger partial charge in [-0.3, -0.25) is 4.21 Å². The topological polar surface area (TPSA) is 32.3 Å². The third kappa shape index (κ3) is 2.56. The van der Waals surface area contributed by atoms with Crippen molar-refractivity contribution in [2.45, 2.75) is 18.8 Å². The highest BCUT2D eigenvalue weighted by molar-refractivity contribution is 7.97. The molecule has 3 nitrogen and oxygen atoms in total. The van der Waals surface area contributed by atoms with Crippen molar-refractivity contribution in [3.05, 3.63) is 29.6 Å². The Balaban J connectivity index is 1.72. The van der Waals surface area contributed by atoms with Crippen LogP contribution in [-0.4, -0.2) is 40.3 Å². The average molecular weight is 296 g/mol. The van der Waals surface area contributed by atoms with Crippen LogP contribution < -0.4 is 5.32 Å². The maximum absolute atomic E-state index is 13.2. The van der Waals surface area contributed by atoms with Gasteiger partial charge in [-0.15, -0.1) is 0 Å². The first-order valence-corrected chi connectivity index (χ1v) is 9.15. The van der Waals surface area contributed by atoms with E-state index in [0.29, 0.717) is 11.8 Å². The number of nitrogens with zero attached hydrogens (tertiary/aromatic N) is 1. The summed E-state index contributed by atoms with van der Waals surface area (Å²) in [6.45, 7) is 2.57. The van der Waals surface area contributed by atoms with Gasteiger partial charge in [0.15, 0.2) is 0 Å². The Morgan fingerprint density at radius 3 is 2.75 bits per heavy atom. The van der Waals surface area contributed by atoms with Crippen molar-refractivity contribution in [1.82, 2.24) is 4.31 Å². The standard InChI is InChI=1S/C15H21FN2OS/c1-20(2,19)18-7-5-11(6-8-18)14-10-17-15-9-12(16)3-4-13(14)15/h3-4,9,11,14,17H,1,5-8,10H2,2H3. The SMILES string of the molecule is C=S(C)(=O)N1CCC(C2CNc3cc(F)ccc32)CC1. The number of halogens is 1. The molecule has 2 aliphatic rings. The summed E-state index contributed by atoms with van der Waals surface area (Å²) in [6, 6.07) is 5.04. The summed E-state index contributed by atoms with van der Waals surface area (Å²) in [6.07, 6.45) is 3.77. The molecular weight excluding hydrogens is 275 g/mol. The van der Waals surface area contributed by atoms with Crippen molar-refractivity contribution in [3.63, 3.8) is 0 Å². The molecular formula is C15H21FN2OS. The van der Waals surface area contributed by atoms with E-state index in [-0.39, 0.29) is 5.82 Å². The molecule has 2 unspecified atom stereocenters. The quantitative estimate of drug-likeness (QED) is 0.849. The van der Waals surface area contributed by atoms with Crippen LogP contribution in [0, 0.1) is 11.7 Å². The lowest BCUT2D eigenvalue weighted by Gasteiger charge is -2.35. The molecule has 0 bridgehead atoms. The molecule has 3 rings (SSSR count). The summed E-state index contributed by atoms with van der Waals surface area (Å²) < 4.78 is 27.2. The van der Waals surface area contributed by atoms with Crippen molar-refractivity contribution in [3.8, 4) is 0 Å². The molecule has 0 aromatic heterocycles. The van der Waals surface area contributed by atoms with Gasteiger partial charge >= 0.3 is 0 Å². The van der Waals surface area contributed by atoms with Crippen LogP contribution in [0.5, 0.6) is 0 Å². The maximum Gasteiger partial charge on any atom is 0.125 e. The minimum absolute atomic E-state index is 0.186. The van der Waals surface area contributed by atoms with Gasteiger partial charge < -0.3 is 5.32 Å². The van der Waals surface area contributed by atoms with E-state index in [9.17, 15) is 8.60 Å². The van der Waals surface area contributed by atoms with Gasteiger partial charge in [-0.05, 0) is 42.3 Å². The van der Waals surface area contributed by atoms with Crippen LogP contribution in [0.2, 0.25) is 0 Å². The van der Waals surface area contributed by atoms with Gasteiger partial charge in [-0.2, -0.15) is 0 Å². The number of piperidine rings is 1. The van der Waals surface area contributed by atoms with E-state index in [4.69, 9.17) is 0 Å². The molecule has 1 aromatic rings. The van der Waals surface area contributed by atoms with E-state index in [1.165, 1.54) is 5.56 Å². The van der Waals surface area contributed by atoms with Crippen LogP contribution in [0.4, 0.5) is 10.1 Å². The van der Waals surface area contributed by atoms with Gasteiger partial charge in [0.05, 0.1) is 0 Å². The average Bonchev–Trinajstić information content (AvgIpc) is 2.80. The minimum Gasteiger partial charge on any atom is -0.384 e. The molecule has 5 heteroatoms. The molecule has 20 heavy (non-hydrogen) atoms. The highest BCUT2D eigenvalue weighted by atomic mass is 32.2. The Bertz CT molecular complexity index is 606. The normalized spacial score (nSPS) is 26.8. The van der Waals surface area contributed by atoms with Crippen LogP contribution in [0.25, 0.3) is 0 Å². The third-order valence-corrected chi connectivity index (χ3v) is 6.00. The Morgan fingerprint density at radius 1 is 1.40 bits per heavy atom. The summed E-state index contributed by atoms with van der Waals surface area (Å²) in [4.78, 5) is 0. The summed E-state index contributed by atoms with van der Waals surface area (Å²) in [5.41, 5.74) is 2.17. The number of nitrogens with one attached hydrogen (secondary N) is 1. The van der Waals surface area contributed by atoms with Gasteiger partial charge in [0, 0.05) is 47.2 Å². The highest BCUT2D eigenvalue weighted by Gasteiger charge is 2.33. The van der Waals surface area contributed by atoms with E-state index in [0.717, 1.165) is 38.2 Å². The number of anilines is 1. The van der Waals surface area contributed by atoms with Crippen LogP contribution in [0.1, 0.15) is 24.3 Å². The van der Waals surface area contributed by atoms with Gasteiger partial charge in [-0.1, -0.05) is 6.07 Å². The van der Waals surface area contributed by atoms with E-state index in [2.05, 4.69) is 11.2 Å². The van der Waals surface area contributed by atoms with Gasteiger partial charge in [0.25, 0.3) is 0 Å². The lowest BCUT2D eigenvalue weighted by molar-refractivity contribution is 0.257. The summed E-state index contributed by atoms with van der Waals surface area (Å²) in [5, 5.41) is 3.31. The molecule has 2 aliphatic heterocycles. The Hall–Kier alpha value is -1.07. The second-order valence-electron chi connectivity index (χ2n) is 5.94. The highest BCUT2D eigenvalue weighted by Crippen LogP contribution is 2.40. The molecule has 0 spiro atoms. The number of benzene rings is 1. The number of rotatable bonds is 2. The lowest BCUT2D eigenvalue weighted by Crippen LogP contribution is -2.39. The van der Waals surface area contributed by atoms with Crippen molar-refractivity contribution < 1.29 is 8.60 Å². The van der Waals surface area contributed by atoms with Crippen LogP contribution >= 0.6 is 0 Å². The first kappa shape index (κ1) is 13.9. The van der Waals surface area contributed by atoms with Crippen molar-refractivity contribution in [1.29, 1.82) is 0 Å². The Labute approximate surface area is 120 Å². The molecule has 1 N–H and O–H groups in total. The van der Waals surface area contributed by atoms with E-state index in [1.807, 2.05) is 10.4 Å². The monoisotopic (exact) mass is 296 g/mol. The largest absolute Gasteiger partial charge is 0.384 e. The molecule has 0 saturated carbocycles. The summed E-state index contributed by atoms with van der Waals surface area (Å²) in [7, 11) is -2.07. The third-order valence-electron chi connectivity index (χ3n) is 4.54. The zero-order valence-corrected chi connectivity index (χ0v) is 12.6. The van der Waals surface area contributed by atoms with Gasteiger partial charge in [0.2, 0.25) is 0 Å². The van der Waals surface area contributed by atoms with Crippen LogP contribution in [0.3, 0.4) is 0 Å². The lowest BCUT2D eigenvalue weighted by atomic mass is 9.81. The second-order valence-corrected chi connectivity index (χ2v) is 8.38. The molecule has 2 atom stereocenters. The fourth-order valence-electron chi connectivity index (χ4n) is 3.42. The fourth-order valence-corrected chi connectivity index (χ4v) is 4.40. The molecule has 0 amide bonds. The van der Waals surface area contributed by atoms with Crippen LogP contribution in [-0.2, 0) is 9.71 Å². The molecule has 0 radical (unpaired) electrons. The second kappa shape index (κ2) is 5.04.